The first-order valence-corrected chi connectivity index (χ1v) is 12.4. The lowest BCUT2D eigenvalue weighted by Gasteiger charge is -2.29. The summed E-state index contributed by atoms with van der Waals surface area (Å²) in [5.74, 6) is -2.78. The number of nitrogens with zero attached hydrogens (tertiary/aromatic N) is 4. The first kappa shape index (κ1) is 24.4. The SMILES string of the molecule is [2H]C([2H])(Oc1cc2n(c(=O)c1Cl)C1=CC(n3cccc(C(C)(C)O)c3=O)=NC[C@@H]1COCC2)c1ncc(F)cc1F. The van der Waals surface area contributed by atoms with Gasteiger partial charge in [0.25, 0.3) is 11.1 Å². The molecule has 3 aromatic rings. The number of allylic oxidation sites excluding steroid dienone is 1. The largest absolute Gasteiger partial charge is 0.485 e. The molecule has 2 aliphatic rings. The van der Waals surface area contributed by atoms with E-state index in [1.165, 1.54) is 41.3 Å². The average Bonchev–Trinajstić information content (AvgIpc) is 2.87. The van der Waals surface area contributed by atoms with Gasteiger partial charge in [-0.05, 0) is 26.0 Å². The number of hydrogen-bond acceptors (Lipinski definition) is 7. The molecule has 5 rings (SSSR count). The average molecular weight is 561 g/mol. The van der Waals surface area contributed by atoms with Crippen molar-refractivity contribution in [2.75, 3.05) is 19.8 Å². The van der Waals surface area contributed by atoms with Gasteiger partial charge in [0.1, 0.15) is 34.7 Å². The first-order valence-electron chi connectivity index (χ1n) is 13.0. The molecule has 9 nitrogen and oxygen atoms in total. The molecule has 0 radical (unpaired) electrons. The molecule has 0 aromatic carbocycles. The van der Waals surface area contributed by atoms with Crippen LogP contribution in [-0.2, 0) is 23.3 Å². The lowest BCUT2D eigenvalue weighted by atomic mass is 9.99. The molecule has 3 aromatic heterocycles. The van der Waals surface area contributed by atoms with Crippen LogP contribution in [0.3, 0.4) is 0 Å². The Hall–Kier alpha value is -3.67. The Morgan fingerprint density at radius 1 is 1.31 bits per heavy atom. The number of dihydropyridines is 1. The number of aliphatic imine (C=N–C) groups is 1. The summed E-state index contributed by atoms with van der Waals surface area (Å²) in [6.07, 6.45) is 3.92. The highest BCUT2D eigenvalue weighted by Crippen LogP contribution is 2.30. The van der Waals surface area contributed by atoms with Crippen LogP contribution in [0.25, 0.3) is 5.70 Å². The van der Waals surface area contributed by atoms with Gasteiger partial charge >= 0.3 is 0 Å². The molecule has 12 heteroatoms. The summed E-state index contributed by atoms with van der Waals surface area (Å²) in [4.78, 5) is 34.8. The quantitative estimate of drug-likeness (QED) is 0.525. The van der Waals surface area contributed by atoms with Crippen LogP contribution in [0.5, 0.6) is 5.75 Å². The lowest BCUT2D eigenvalue weighted by molar-refractivity contribution is 0.0768. The molecule has 0 saturated heterocycles. The van der Waals surface area contributed by atoms with Crippen LogP contribution in [-0.4, -0.2) is 44.8 Å². The summed E-state index contributed by atoms with van der Waals surface area (Å²) in [5, 5.41) is 9.95. The van der Waals surface area contributed by atoms with Gasteiger partial charge in [0.2, 0.25) is 0 Å². The van der Waals surface area contributed by atoms with Crippen molar-refractivity contribution in [3.63, 3.8) is 0 Å². The fourth-order valence-electron chi connectivity index (χ4n) is 4.41. The summed E-state index contributed by atoms with van der Waals surface area (Å²) in [7, 11) is 0. The maximum Gasteiger partial charge on any atom is 0.277 e. The number of ether oxygens (including phenoxy) is 2. The third-order valence-electron chi connectivity index (χ3n) is 6.36. The maximum atomic E-state index is 14.3. The maximum absolute atomic E-state index is 14.3. The Balaban J connectivity index is 1.60. The van der Waals surface area contributed by atoms with Crippen molar-refractivity contribution in [3.8, 4) is 5.75 Å². The highest BCUT2D eigenvalue weighted by molar-refractivity contribution is 6.31. The molecule has 0 saturated carbocycles. The molecule has 39 heavy (non-hydrogen) atoms. The van der Waals surface area contributed by atoms with E-state index in [-0.39, 0.29) is 49.2 Å². The zero-order chi connectivity index (χ0) is 29.7. The summed E-state index contributed by atoms with van der Waals surface area (Å²) in [5.41, 5.74) is -2.48. The monoisotopic (exact) mass is 560 g/mol. The van der Waals surface area contributed by atoms with E-state index < -0.39 is 45.6 Å². The molecular formula is C27H25ClF2N4O5. The number of aromatic nitrogens is 3. The molecule has 0 aliphatic carbocycles. The van der Waals surface area contributed by atoms with Gasteiger partial charge in [-0.25, -0.2) is 8.78 Å². The van der Waals surface area contributed by atoms with Crippen LogP contribution in [0.2, 0.25) is 5.02 Å². The minimum absolute atomic E-state index is 0.160. The highest BCUT2D eigenvalue weighted by atomic mass is 35.5. The zero-order valence-corrected chi connectivity index (χ0v) is 21.7. The van der Waals surface area contributed by atoms with E-state index in [2.05, 4.69) is 9.98 Å². The van der Waals surface area contributed by atoms with Gasteiger partial charge in [0.05, 0.1) is 34.3 Å². The van der Waals surface area contributed by atoms with Crippen molar-refractivity contribution in [3.05, 3.63) is 97.1 Å². The van der Waals surface area contributed by atoms with E-state index in [0.717, 1.165) is 0 Å². The second-order valence-corrected chi connectivity index (χ2v) is 9.97. The first-order chi connectivity index (χ1) is 19.3. The molecule has 2 aliphatic heterocycles. The number of fused-ring (bicyclic) bond motifs is 3. The Labute approximate surface area is 229 Å². The van der Waals surface area contributed by atoms with Gasteiger partial charge < -0.3 is 14.6 Å². The van der Waals surface area contributed by atoms with Gasteiger partial charge in [-0.15, -0.1) is 0 Å². The summed E-state index contributed by atoms with van der Waals surface area (Å²) >= 11 is 6.39. The topological polar surface area (TPSA) is 108 Å². The van der Waals surface area contributed by atoms with Gasteiger partial charge in [0, 0.05) is 53.7 Å². The minimum atomic E-state index is -2.90. The molecule has 5 heterocycles. The molecule has 0 unspecified atom stereocenters. The molecule has 0 spiro atoms. The highest BCUT2D eigenvalue weighted by Gasteiger charge is 2.29. The molecule has 204 valence electrons. The van der Waals surface area contributed by atoms with Crippen LogP contribution in [0.15, 0.2) is 57.3 Å². The van der Waals surface area contributed by atoms with Gasteiger partial charge in [-0.2, -0.15) is 0 Å². The Kier molecular flexibility index (Phi) is 6.55. The third-order valence-corrected chi connectivity index (χ3v) is 6.71. The van der Waals surface area contributed by atoms with Crippen LogP contribution in [0.1, 0.15) is 33.5 Å². The van der Waals surface area contributed by atoms with E-state index in [1.54, 1.807) is 12.1 Å². The Morgan fingerprint density at radius 3 is 2.85 bits per heavy atom. The standard InChI is InChI=1S/C27H25ClF2N4O5/c1-27(2,37)18-4-3-6-33(25(18)35)23-10-21-15(11-32-23)13-38-7-5-17-9-22(24(28)26(36)34(17)21)39-14-20-19(30)8-16(29)12-31-20/h3-4,6,8-10,12,15,37H,5,7,11,13-14H2,1-2H3/t15-/m1/s1/i14D2. The van der Waals surface area contributed by atoms with Crippen LogP contribution in [0, 0.1) is 17.6 Å². The molecule has 0 fully saturated rings. The van der Waals surface area contributed by atoms with Crippen LogP contribution in [0.4, 0.5) is 8.78 Å². The van der Waals surface area contributed by atoms with Crippen molar-refractivity contribution >= 4 is 23.1 Å². The minimum Gasteiger partial charge on any atom is -0.485 e. The molecule has 1 N–H and O–H groups in total. The Bertz CT molecular complexity index is 1720. The van der Waals surface area contributed by atoms with Crippen molar-refractivity contribution in [2.45, 2.75) is 32.4 Å². The van der Waals surface area contributed by atoms with Crippen molar-refractivity contribution in [1.29, 1.82) is 0 Å². The van der Waals surface area contributed by atoms with Crippen molar-refractivity contribution in [2.24, 2.45) is 10.9 Å². The summed E-state index contributed by atoms with van der Waals surface area (Å²) < 4.78 is 57.8. The van der Waals surface area contributed by atoms with E-state index in [4.69, 9.17) is 23.8 Å². The molecular weight excluding hydrogens is 534 g/mol. The number of halogens is 3. The lowest BCUT2D eigenvalue weighted by Crippen LogP contribution is -2.38. The molecule has 0 bridgehead atoms. The Morgan fingerprint density at radius 2 is 2.10 bits per heavy atom. The van der Waals surface area contributed by atoms with Gasteiger partial charge in [0.15, 0.2) is 5.82 Å². The smallest absolute Gasteiger partial charge is 0.277 e. The summed E-state index contributed by atoms with van der Waals surface area (Å²) in [6.45, 7) is 0.732. The predicted molar refractivity (Wildman–Crippen MR) is 140 cm³/mol. The number of pyridine rings is 3. The van der Waals surface area contributed by atoms with Gasteiger partial charge in [-0.3, -0.25) is 28.7 Å². The van der Waals surface area contributed by atoms with Crippen LogP contribution < -0.4 is 15.9 Å². The summed E-state index contributed by atoms with van der Waals surface area (Å²) in [6, 6.07) is 4.95. The fraction of sp³-hybridized carbons (Fsp3) is 0.333. The predicted octanol–water partition coefficient (Wildman–Crippen LogP) is 3.13. The van der Waals surface area contributed by atoms with Crippen molar-refractivity contribution in [1.82, 2.24) is 14.1 Å². The van der Waals surface area contributed by atoms with E-state index >= 15 is 0 Å². The van der Waals surface area contributed by atoms with E-state index in [0.29, 0.717) is 23.7 Å². The normalized spacial score (nSPS) is 18.5. The zero-order valence-electron chi connectivity index (χ0n) is 23.0. The number of rotatable bonds is 4. The number of aliphatic hydroxyl groups is 1. The van der Waals surface area contributed by atoms with E-state index in [9.17, 15) is 23.5 Å². The van der Waals surface area contributed by atoms with Crippen LogP contribution >= 0.6 is 11.6 Å². The fourth-order valence-corrected chi connectivity index (χ4v) is 4.59. The third kappa shape index (κ3) is 5.29. The number of hydrogen-bond donors (Lipinski definition) is 1. The van der Waals surface area contributed by atoms with Gasteiger partial charge in [-0.1, -0.05) is 11.6 Å². The van der Waals surface area contributed by atoms with Crippen molar-refractivity contribution < 1.29 is 26.1 Å². The second-order valence-electron chi connectivity index (χ2n) is 9.59. The second kappa shape index (κ2) is 10.5. The molecule has 1 atom stereocenters. The molecule has 0 amide bonds. The van der Waals surface area contributed by atoms with E-state index in [1.807, 2.05) is 0 Å².